The van der Waals surface area contributed by atoms with Gasteiger partial charge in [0.2, 0.25) is 10.0 Å². The molecule has 0 aromatic heterocycles. The van der Waals surface area contributed by atoms with Crippen molar-refractivity contribution in [3.8, 4) is 0 Å². The molecule has 0 heterocycles. The van der Waals surface area contributed by atoms with E-state index >= 15 is 0 Å². The number of sulfonamides is 1. The number of rotatable bonds is 3. The summed E-state index contributed by atoms with van der Waals surface area (Å²) in [6, 6.07) is 3.70. The van der Waals surface area contributed by atoms with Crippen LogP contribution in [-0.2, 0) is 10.0 Å². The van der Waals surface area contributed by atoms with Gasteiger partial charge in [-0.3, -0.25) is 0 Å². The zero-order chi connectivity index (χ0) is 14.8. The van der Waals surface area contributed by atoms with Gasteiger partial charge in [0.1, 0.15) is 0 Å². The predicted octanol–water partition coefficient (Wildman–Crippen LogP) is 4.07. The lowest BCUT2D eigenvalue weighted by molar-refractivity contribution is 0.509. The monoisotopic (exact) mass is 359 g/mol. The predicted molar refractivity (Wildman–Crippen MR) is 85.4 cm³/mol. The van der Waals surface area contributed by atoms with Gasteiger partial charge >= 0.3 is 0 Å². The zero-order valence-corrected chi connectivity index (χ0v) is 14.5. The lowest BCUT2D eigenvalue weighted by Gasteiger charge is -2.17. The van der Waals surface area contributed by atoms with Gasteiger partial charge in [-0.15, -0.1) is 0 Å². The molecule has 0 atom stereocenters. The van der Waals surface area contributed by atoms with Crippen LogP contribution in [0.5, 0.6) is 0 Å². The van der Waals surface area contributed by atoms with Crippen LogP contribution in [0.15, 0.2) is 21.5 Å². The van der Waals surface area contributed by atoms with E-state index in [-0.39, 0.29) is 6.04 Å². The molecule has 20 heavy (non-hydrogen) atoms. The first-order chi connectivity index (χ1) is 9.40. The minimum Gasteiger partial charge on any atom is -0.208 e. The van der Waals surface area contributed by atoms with Crippen molar-refractivity contribution in [3.63, 3.8) is 0 Å². The molecule has 1 fully saturated rings. The van der Waals surface area contributed by atoms with Crippen molar-refractivity contribution in [2.24, 2.45) is 0 Å². The Balaban J connectivity index is 2.23. The Hall–Kier alpha value is -0.390. The summed E-state index contributed by atoms with van der Waals surface area (Å²) in [5.74, 6) is 0. The van der Waals surface area contributed by atoms with E-state index in [0.717, 1.165) is 36.8 Å². The van der Waals surface area contributed by atoms with Gasteiger partial charge in [-0.1, -0.05) is 25.7 Å². The van der Waals surface area contributed by atoms with E-state index in [2.05, 4.69) is 20.7 Å². The van der Waals surface area contributed by atoms with Crippen molar-refractivity contribution in [3.05, 3.63) is 27.7 Å². The van der Waals surface area contributed by atoms with Gasteiger partial charge in [-0.25, -0.2) is 13.1 Å². The standard InChI is InChI=1S/C15H22BrNO2S/c1-11-9-14(16)15(10-12(11)2)20(18,19)17-13-7-5-3-4-6-8-13/h9-10,13,17H,3-8H2,1-2H3. The van der Waals surface area contributed by atoms with Gasteiger partial charge in [0.05, 0.1) is 4.90 Å². The fraction of sp³-hybridized carbons (Fsp3) is 0.600. The molecule has 0 unspecified atom stereocenters. The summed E-state index contributed by atoms with van der Waals surface area (Å²) in [5, 5.41) is 0. The van der Waals surface area contributed by atoms with Crippen molar-refractivity contribution in [1.29, 1.82) is 0 Å². The molecule has 1 aliphatic carbocycles. The van der Waals surface area contributed by atoms with Crippen LogP contribution in [0.25, 0.3) is 0 Å². The highest BCUT2D eigenvalue weighted by Crippen LogP contribution is 2.27. The molecule has 0 bridgehead atoms. The van der Waals surface area contributed by atoms with Gasteiger partial charge in [-0.2, -0.15) is 0 Å². The highest BCUT2D eigenvalue weighted by atomic mass is 79.9. The average Bonchev–Trinajstić information content (AvgIpc) is 2.61. The molecule has 112 valence electrons. The molecule has 5 heteroatoms. The quantitative estimate of drug-likeness (QED) is 0.826. The van der Waals surface area contributed by atoms with Crippen LogP contribution in [0.4, 0.5) is 0 Å². The largest absolute Gasteiger partial charge is 0.241 e. The van der Waals surface area contributed by atoms with Crippen LogP contribution < -0.4 is 4.72 Å². The van der Waals surface area contributed by atoms with Gasteiger partial charge in [0.25, 0.3) is 0 Å². The molecule has 1 aliphatic rings. The number of hydrogen-bond donors (Lipinski definition) is 1. The number of halogens is 1. The second-order valence-electron chi connectivity index (χ2n) is 5.68. The van der Waals surface area contributed by atoms with Crippen LogP contribution in [-0.4, -0.2) is 14.5 Å². The third-order valence-electron chi connectivity index (χ3n) is 4.01. The number of aryl methyl sites for hydroxylation is 2. The van der Waals surface area contributed by atoms with Crippen molar-refractivity contribution < 1.29 is 8.42 Å². The van der Waals surface area contributed by atoms with E-state index in [1.165, 1.54) is 12.8 Å². The van der Waals surface area contributed by atoms with Crippen LogP contribution in [0.3, 0.4) is 0 Å². The molecular weight excluding hydrogens is 338 g/mol. The normalized spacial score (nSPS) is 17.9. The van der Waals surface area contributed by atoms with E-state index in [9.17, 15) is 8.42 Å². The van der Waals surface area contributed by atoms with Crippen molar-refractivity contribution >= 4 is 26.0 Å². The molecule has 1 N–H and O–H groups in total. The Morgan fingerprint density at radius 1 is 1.05 bits per heavy atom. The van der Waals surface area contributed by atoms with Gasteiger partial charge in [-0.05, 0) is 65.9 Å². The summed E-state index contributed by atoms with van der Waals surface area (Å²) in [6.07, 6.45) is 6.54. The van der Waals surface area contributed by atoms with Crippen LogP contribution in [0, 0.1) is 13.8 Å². The Labute approximate surface area is 130 Å². The van der Waals surface area contributed by atoms with E-state index < -0.39 is 10.0 Å². The molecule has 0 radical (unpaired) electrons. The van der Waals surface area contributed by atoms with Crippen LogP contribution in [0.1, 0.15) is 49.7 Å². The smallest absolute Gasteiger partial charge is 0.208 e. The number of hydrogen-bond acceptors (Lipinski definition) is 2. The van der Waals surface area contributed by atoms with Crippen LogP contribution in [0.2, 0.25) is 0 Å². The summed E-state index contributed by atoms with van der Waals surface area (Å²) in [5.41, 5.74) is 2.08. The maximum absolute atomic E-state index is 12.6. The third-order valence-corrected chi connectivity index (χ3v) is 6.49. The fourth-order valence-corrected chi connectivity index (χ4v) is 5.19. The molecule has 1 aromatic carbocycles. The summed E-state index contributed by atoms with van der Waals surface area (Å²) in [4.78, 5) is 0.352. The summed E-state index contributed by atoms with van der Waals surface area (Å²) in [6.45, 7) is 3.92. The maximum atomic E-state index is 12.6. The van der Waals surface area contributed by atoms with E-state index in [1.54, 1.807) is 6.07 Å². The summed E-state index contributed by atoms with van der Waals surface area (Å²) >= 11 is 3.38. The molecular formula is C15H22BrNO2S. The van der Waals surface area contributed by atoms with Gasteiger partial charge in [0.15, 0.2) is 0 Å². The fourth-order valence-electron chi connectivity index (χ4n) is 2.64. The summed E-state index contributed by atoms with van der Waals surface area (Å²) in [7, 11) is -3.44. The first-order valence-electron chi connectivity index (χ1n) is 7.19. The molecule has 0 saturated heterocycles. The highest BCUT2D eigenvalue weighted by Gasteiger charge is 2.23. The van der Waals surface area contributed by atoms with E-state index in [4.69, 9.17) is 0 Å². The molecule has 1 aromatic rings. The lowest BCUT2D eigenvalue weighted by atomic mass is 10.1. The third kappa shape index (κ3) is 3.83. The van der Waals surface area contributed by atoms with E-state index in [1.807, 2.05) is 19.9 Å². The summed E-state index contributed by atoms with van der Waals surface area (Å²) < 4.78 is 28.6. The van der Waals surface area contributed by atoms with Gasteiger partial charge < -0.3 is 0 Å². The SMILES string of the molecule is Cc1cc(Br)c(S(=O)(=O)NC2CCCCCC2)cc1C. The Morgan fingerprint density at radius 3 is 2.20 bits per heavy atom. The molecule has 0 spiro atoms. The molecule has 1 saturated carbocycles. The highest BCUT2D eigenvalue weighted by molar-refractivity contribution is 9.10. The first kappa shape index (κ1) is 16.0. The average molecular weight is 360 g/mol. The topological polar surface area (TPSA) is 46.2 Å². The Kier molecular flexibility index (Phi) is 5.26. The molecule has 0 amide bonds. The molecule has 3 nitrogen and oxygen atoms in total. The maximum Gasteiger partial charge on any atom is 0.241 e. The van der Waals surface area contributed by atoms with Crippen LogP contribution >= 0.6 is 15.9 Å². The molecule has 0 aliphatic heterocycles. The van der Waals surface area contributed by atoms with Crippen molar-refractivity contribution in [1.82, 2.24) is 4.72 Å². The molecule has 2 rings (SSSR count). The second kappa shape index (κ2) is 6.58. The van der Waals surface area contributed by atoms with Crippen molar-refractivity contribution in [2.75, 3.05) is 0 Å². The lowest BCUT2D eigenvalue weighted by Crippen LogP contribution is -2.34. The minimum atomic E-state index is -3.44. The number of benzene rings is 1. The minimum absolute atomic E-state index is 0.0796. The first-order valence-corrected chi connectivity index (χ1v) is 9.47. The second-order valence-corrected chi connectivity index (χ2v) is 8.21. The Morgan fingerprint density at radius 2 is 1.60 bits per heavy atom. The zero-order valence-electron chi connectivity index (χ0n) is 12.1. The Bertz CT molecular complexity index is 576. The number of nitrogens with one attached hydrogen (secondary N) is 1. The van der Waals surface area contributed by atoms with Crippen molar-refractivity contribution in [2.45, 2.75) is 63.3 Å². The van der Waals surface area contributed by atoms with E-state index in [0.29, 0.717) is 9.37 Å². The van der Waals surface area contributed by atoms with Gasteiger partial charge in [0, 0.05) is 10.5 Å².